The van der Waals surface area contributed by atoms with E-state index in [1.807, 2.05) is 30.5 Å². The van der Waals surface area contributed by atoms with Gasteiger partial charge in [-0.15, -0.1) is 5.10 Å². The fraction of sp³-hybridized carbons (Fsp3) is 0.296. The number of morpholine rings is 1. The molecule has 1 amide bonds. The number of hydrogen-bond acceptors (Lipinski definition) is 8. The molecule has 0 saturated carbocycles. The SMILES string of the molecule is Cc1cc(Nc2ncnc3ccc(-n4cc(CCNC(=O)/C=C/CN5CCOCC5)nn4)cc23)ccc1F. The molecule has 1 aliphatic heterocycles. The van der Waals surface area contributed by atoms with Crippen LogP contribution in [0.15, 0.2) is 61.1 Å². The number of rotatable bonds is 9. The minimum atomic E-state index is -0.257. The van der Waals surface area contributed by atoms with Crippen molar-refractivity contribution in [1.29, 1.82) is 0 Å². The molecule has 4 aromatic rings. The number of anilines is 2. The van der Waals surface area contributed by atoms with Crippen LogP contribution in [0.4, 0.5) is 15.9 Å². The van der Waals surface area contributed by atoms with Crippen LogP contribution < -0.4 is 10.6 Å². The number of carbonyl (C=O) groups excluding carboxylic acids is 1. The van der Waals surface area contributed by atoms with Crippen molar-refractivity contribution in [3.8, 4) is 5.69 Å². The van der Waals surface area contributed by atoms with E-state index in [2.05, 4.69) is 35.8 Å². The number of amides is 1. The minimum absolute atomic E-state index is 0.128. The van der Waals surface area contributed by atoms with Gasteiger partial charge in [-0.3, -0.25) is 9.69 Å². The lowest BCUT2D eigenvalue weighted by Gasteiger charge is -2.24. The maximum absolute atomic E-state index is 13.7. The van der Waals surface area contributed by atoms with Crippen molar-refractivity contribution in [1.82, 2.24) is 35.2 Å². The third-order valence-corrected chi connectivity index (χ3v) is 6.26. The molecule has 11 heteroatoms. The van der Waals surface area contributed by atoms with Crippen molar-refractivity contribution >= 4 is 28.3 Å². The Kier molecular flexibility index (Phi) is 7.95. The molecule has 3 heterocycles. The monoisotopic (exact) mass is 516 g/mol. The van der Waals surface area contributed by atoms with Crippen molar-refractivity contribution in [2.24, 2.45) is 0 Å². The number of aromatic nitrogens is 5. The van der Waals surface area contributed by atoms with Crippen LogP contribution in [0.25, 0.3) is 16.6 Å². The first-order chi connectivity index (χ1) is 18.5. The van der Waals surface area contributed by atoms with Crippen LogP contribution in [-0.4, -0.2) is 75.2 Å². The highest BCUT2D eigenvalue weighted by Crippen LogP contribution is 2.26. The van der Waals surface area contributed by atoms with Gasteiger partial charge in [0.15, 0.2) is 0 Å². The Hall–Kier alpha value is -4.22. The molecule has 5 rings (SSSR count). The molecule has 2 aromatic heterocycles. The first-order valence-corrected chi connectivity index (χ1v) is 12.5. The number of carbonyl (C=O) groups is 1. The van der Waals surface area contributed by atoms with Crippen LogP contribution in [0.2, 0.25) is 0 Å². The summed E-state index contributed by atoms with van der Waals surface area (Å²) in [5.41, 5.74) is 3.58. The van der Waals surface area contributed by atoms with Crippen molar-refractivity contribution in [2.75, 3.05) is 44.7 Å². The number of ether oxygens (including phenoxy) is 1. The molecule has 0 aliphatic carbocycles. The van der Waals surface area contributed by atoms with E-state index in [1.165, 1.54) is 12.4 Å². The predicted molar refractivity (Wildman–Crippen MR) is 142 cm³/mol. The topological polar surface area (TPSA) is 110 Å². The van der Waals surface area contributed by atoms with Gasteiger partial charge in [-0.05, 0) is 48.9 Å². The molecule has 2 N–H and O–H groups in total. The van der Waals surface area contributed by atoms with Crippen LogP contribution >= 0.6 is 0 Å². The van der Waals surface area contributed by atoms with E-state index in [4.69, 9.17) is 4.74 Å². The summed E-state index contributed by atoms with van der Waals surface area (Å²) in [5, 5.41) is 15.4. The number of aryl methyl sites for hydroxylation is 1. The highest BCUT2D eigenvalue weighted by atomic mass is 19.1. The van der Waals surface area contributed by atoms with E-state index in [1.54, 1.807) is 29.8 Å². The summed E-state index contributed by atoms with van der Waals surface area (Å²) in [6, 6.07) is 10.5. The lowest BCUT2D eigenvalue weighted by Crippen LogP contribution is -2.36. The van der Waals surface area contributed by atoms with Gasteiger partial charge in [0.2, 0.25) is 5.91 Å². The summed E-state index contributed by atoms with van der Waals surface area (Å²) < 4.78 is 20.7. The molecule has 0 radical (unpaired) electrons. The predicted octanol–water partition coefficient (Wildman–Crippen LogP) is 2.95. The summed E-state index contributed by atoms with van der Waals surface area (Å²) >= 11 is 0. The summed E-state index contributed by atoms with van der Waals surface area (Å²) in [4.78, 5) is 23.1. The largest absolute Gasteiger partial charge is 0.379 e. The van der Waals surface area contributed by atoms with E-state index >= 15 is 0 Å². The zero-order valence-electron chi connectivity index (χ0n) is 21.1. The fourth-order valence-electron chi connectivity index (χ4n) is 4.15. The number of nitrogens with zero attached hydrogens (tertiary/aromatic N) is 6. The van der Waals surface area contributed by atoms with Gasteiger partial charge in [-0.25, -0.2) is 19.0 Å². The summed E-state index contributed by atoms with van der Waals surface area (Å²) in [5.74, 6) is 0.219. The van der Waals surface area contributed by atoms with Gasteiger partial charge in [-0.2, -0.15) is 0 Å². The van der Waals surface area contributed by atoms with Crippen molar-refractivity contribution in [2.45, 2.75) is 13.3 Å². The number of hydrogen-bond donors (Lipinski definition) is 2. The number of halogens is 1. The average molecular weight is 517 g/mol. The van der Waals surface area contributed by atoms with E-state index in [9.17, 15) is 9.18 Å². The van der Waals surface area contributed by atoms with Crippen LogP contribution in [0.3, 0.4) is 0 Å². The molecule has 1 saturated heterocycles. The number of benzene rings is 2. The maximum Gasteiger partial charge on any atom is 0.243 e. The maximum atomic E-state index is 13.7. The van der Waals surface area contributed by atoms with Crippen LogP contribution in [0.5, 0.6) is 0 Å². The first-order valence-electron chi connectivity index (χ1n) is 12.5. The highest BCUT2D eigenvalue weighted by Gasteiger charge is 2.10. The van der Waals surface area contributed by atoms with E-state index in [0.717, 1.165) is 60.8 Å². The summed E-state index contributed by atoms with van der Waals surface area (Å²) in [7, 11) is 0. The minimum Gasteiger partial charge on any atom is -0.379 e. The lowest BCUT2D eigenvalue weighted by atomic mass is 10.2. The van der Waals surface area contributed by atoms with E-state index in [-0.39, 0.29) is 11.7 Å². The van der Waals surface area contributed by atoms with Gasteiger partial charge in [0.25, 0.3) is 0 Å². The molecule has 0 bridgehead atoms. The Morgan fingerprint density at radius 3 is 2.87 bits per heavy atom. The second kappa shape index (κ2) is 11.9. The third-order valence-electron chi connectivity index (χ3n) is 6.26. The zero-order chi connectivity index (χ0) is 26.3. The Morgan fingerprint density at radius 1 is 1.16 bits per heavy atom. The highest BCUT2D eigenvalue weighted by molar-refractivity contribution is 5.92. The second-order valence-electron chi connectivity index (χ2n) is 9.02. The number of nitrogens with one attached hydrogen (secondary N) is 2. The molecular weight excluding hydrogens is 487 g/mol. The molecule has 1 aliphatic rings. The Morgan fingerprint density at radius 2 is 2.03 bits per heavy atom. The van der Waals surface area contributed by atoms with E-state index in [0.29, 0.717) is 24.3 Å². The number of fused-ring (bicyclic) bond motifs is 1. The Balaban J connectivity index is 1.20. The Labute approximate surface area is 219 Å². The van der Waals surface area contributed by atoms with Gasteiger partial charge < -0.3 is 15.4 Å². The second-order valence-corrected chi connectivity index (χ2v) is 9.02. The smallest absolute Gasteiger partial charge is 0.243 e. The van der Waals surface area contributed by atoms with Crippen molar-refractivity contribution in [3.05, 3.63) is 78.1 Å². The molecule has 38 heavy (non-hydrogen) atoms. The molecule has 10 nitrogen and oxygen atoms in total. The van der Waals surface area contributed by atoms with Gasteiger partial charge in [0.1, 0.15) is 18.0 Å². The van der Waals surface area contributed by atoms with Crippen LogP contribution in [0, 0.1) is 12.7 Å². The van der Waals surface area contributed by atoms with E-state index < -0.39 is 0 Å². The molecule has 196 valence electrons. The van der Waals surface area contributed by atoms with Gasteiger partial charge in [0.05, 0.1) is 36.3 Å². The van der Waals surface area contributed by atoms with Crippen molar-refractivity contribution in [3.63, 3.8) is 0 Å². The molecule has 0 unspecified atom stereocenters. The molecule has 1 fully saturated rings. The molecule has 0 atom stereocenters. The summed E-state index contributed by atoms with van der Waals surface area (Å²) in [6.45, 7) is 6.16. The summed E-state index contributed by atoms with van der Waals surface area (Å²) in [6.07, 6.45) is 7.32. The average Bonchev–Trinajstić information content (AvgIpc) is 3.40. The molecule has 0 spiro atoms. The Bertz CT molecular complexity index is 1450. The van der Waals surface area contributed by atoms with Gasteiger partial charge in [-0.1, -0.05) is 11.3 Å². The van der Waals surface area contributed by atoms with Crippen LogP contribution in [0.1, 0.15) is 11.3 Å². The normalized spacial score (nSPS) is 14.3. The first kappa shape index (κ1) is 25.4. The van der Waals surface area contributed by atoms with Crippen LogP contribution in [-0.2, 0) is 16.0 Å². The zero-order valence-corrected chi connectivity index (χ0v) is 21.1. The quantitative estimate of drug-likeness (QED) is 0.327. The fourth-order valence-corrected chi connectivity index (χ4v) is 4.15. The lowest BCUT2D eigenvalue weighted by molar-refractivity contribution is -0.116. The van der Waals surface area contributed by atoms with Gasteiger partial charge >= 0.3 is 0 Å². The third kappa shape index (κ3) is 6.36. The molecular formula is C27H29FN8O2. The molecule has 2 aromatic carbocycles. The van der Waals surface area contributed by atoms with Crippen molar-refractivity contribution < 1.29 is 13.9 Å². The standard InChI is InChI=1S/C27H29FN8O2/c1-19-15-20(4-6-24(19)28)32-27-23-16-22(5-7-25(23)30-18-31-27)36-17-21(33-34-36)8-9-29-26(37)3-2-10-35-11-13-38-14-12-35/h2-7,15-18H,8-14H2,1H3,(H,29,37)(H,30,31,32)/b3-2+. The van der Waals surface area contributed by atoms with Gasteiger partial charge in [0, 0.05) is 49.7 Å².